The number of carboxylic acids is 1. The molecule has 8 heteroatoms. The lowest BCUT2D eigenvalue weighted by atomic mass is 9.98. The Kier molecular flexibility index (Phi) is 4.12. The molecule has 0 unspecified atom stereocenters. The SMILES string of the molecule is CC(C)[C@H]1COC(=O)N1C(=O)[C@H](C)C(F)(F)C(=O)O. The van der Waals surface area contributed by atoms with Gasteiger partial charge in [0, 0.05) is 0 Å². The van der Waals surface area contributed by atoms with Crippen molar-refractivity contribution in [2.24, 2.45) is 11.8 Å². The summed E-state index contributed by atoms with van der Waals surface area (Å²) in [5.74, 6) is -10.2. The second-order valence-electron chi connectivity index (χ2n) is 4.75. The number of hydrogen-bond donors (Lipinski definition) is 1. The molecule has 1 aliphatic heterocycles. The van der Waals surface area contributed by atoms with E-state index in [0.29, 0.717) is 4.90 Å². The maximum Gasteiger partial charge on any atom is 0.416 e. The number of imide groups is 1. The molecule has 0 saturated carbocycles. The molecule has 1 saturated heterocycles. The average molecular weight is 279 g/mol. The third-order valence-electron chi connectivity index (χ3n) is 3.11. The summed E-state index contributed by atoms with van der Waals surface area (Å²) in [5.41, 5.74) is 0. The molecule has 0 aromatic heterocycles. The number of carbonyl (C=O) groups is 3. The van der Waals surface area contributed by atoms with Gasteiger partial charge in [0.15, 0.2) is 0 Å². The summed E-state index contributed by atoms with van der Waals surface area (Å²) < 4.78 is 31.3. The van der Waals surface area contributed by atoms with Gasteiger partial charge in [0.05, 0.1) is 6.04 Å². The van der Waals surface area contributed by atoms with Gasteiger partial charge in [-0.15, -0.1) is 0 Å². The van der Waals surface area contributed by atoms with Crippen LogP contribution in [-0.2, 0) is 14.3 Å². The summed E-state index contributed by atoms with van der Waals surface area (Å²) in [5, 5.41) is 8.41. The molecule has 1 N–H and O–H groups in total. The van der Waals surface area contributed by atoms with Crippen molar-refractivity contribution in [2.75, 3.05) is 6.61 Å². The molecule has 108 valence electrons. The number of carbonyl (C=O) groups excluding carboxylic acids is 2. The zero-order valence-electron chi connectivity index (χ0n) is 10.7. The van der Waals surface area contributed by atoms with Crippen molar-refractivity contribution in [1.82, 2.24) is 4.90 Å². The molecular formula is C11H15F2NO5. The van der Waals surface area contributed by atoms with E-state index in [4.69, 9.17) is 5.11 Å². The van der Waals surface area contributed by atoms with Crippen molar-refractivity contribution in [1.29, 1.82) is 0 Å². The number of cyclic esters (lactones) is 1. The summed E-state index contributed by atoms with van der Waals surface area (Å²) >= 11 is 0. The van der Waals surface area contributed by atoms with Crippen molar-refractivity contribution >= 4 is 18.0 Å². The van der Waals surface area contributed by atoms with Crippen LogP contribution in [-0.4, -0.2) is 46.5 Å². The van der Waals surface area contributed by atoms with Crippen molar-refractivity contribution in [2.45, 2.75) is 32.7 Å². The Hall–Kier alpha value is -1.73. The van der Waals surface area contributed by atoms with Crippen LogP contribution in [0.3, 0.4) is 0 Å². The highest BCUT2D eigenvalue weighted by Gasteiger charge is 2.53. The van der Waals surface area contributed by atoms with Crippen LogP contribution in [0.4, 0.5) is 13.6 Å². The average Bonchev–Trinajstić information content (AvgIpc) is 2.69. The summed E-state index contributed by atoms with van der Waals surface area (Å²) in [4.78, 5) is 34.4. The predicted octanol–water partition coefficient (Wildman–Crippen LogP) is 1.35. The van der Waals surface area contributed by atoms with E-state index in [1.54, 1.807) is 13.8 Å². The predicted molar refractivity (Wildman–Crippen MR) is 58.6 cm³/mol. The lowest BCUT2D eigenvalue weighted by molar-refractivity contribution is -0.178. The number of halogens is 2. The van der Waals surface area contributed by atoms with Crippen LogP contribution in [0.25, 0.3) is 0 Å². The summed E-state index contributed by atoms with van der Waals surface area (Å²) in [7, 11) is 0. The molecule has 0 aromatic rings. The maximum absolute atomic E-state index is 13.3. The molecule has 0 aromatic carbocycles. The van der Waals surface area contributed by atoms with Crippen molar-refractivity contribution in [3.63, 3.8) is 0 Å². The fourth-order valence-corrected chi connectivity index (χ4v) is 1.73. The maximum atomic E-state index is 13.3. The number of ether oxygens (including phenoxy) is 1. The summed E-state index contributed by atoms with van der Waals surface area (Å²) in [6.07, 6.45) is -1.02. The number of nitrogens with zero attached hydrogens (tertiary/aromatic N) is 1. The zero-order valence-corrected chi connectivity index (χ0v) is 10.7. The molecule has 2 amide bonds. The third-order valence-corrected chi connectivity index (χ3v) is 3.11. The minimum absolute atomic E-state index is 0.0758. The molecule has 1 fully saturated rings. The second kappa shape index (κ2) is 5.10. The number of amides is 2. The lowest BCUT2D eigenvalue weighted by Crippen LogP contribution is -2.50. The molecule has 0 aliphatic carbocycles. The molecule has 2 atom stereocenters. The Morgan fingerprint density at radius 3 is 2.37 bits per heavy atom. The second-order valence-corrected chi connectivity index (χ2v) is 4.75. The fraction of sp³-hybridized carbons (Fsp3) is 0.727. The van der Waals surface area contributed by atoms with Crippen LogP contribution in [0.15, 0.2) is 0 Å². The number of hydrogen-bond acceptors (Lipinski definition) is 4. The van der Waals surface area contributed by atoms with E-state index in [1.807, 2.05) is 0 Å². The first-order chi connectivity index (χ1) is 8.60. The van der Waals surface area contributed by atoms with Crippen LogP contribution >= 0.6 is 0 Å². The van der Waals surface area contributed by atoms with Crippen molar-refractivity contribution < 1.29 is 33.0 Å². The molecule has 6 nitrogen and oxygen atoms in total. The fourth-order valence-electron chi connectivity index (χ4n) is 1.73. The van der Waals surface area contributed by atoms with Gasteiger partial charge < -0.3 is 9.84 Å². The summed E-state index contributed by atoms with van der Waals surface area (Å²) in [6, 6.07) is -0.660. The molecule has 0 radical (unpaired) electrons. The minimum atomic E-state index is -4.23. The zero-order chi connectivity index (χ0) is 15.0. The number of rotatable bonds is 4. The topological polar surface area (TPSA) is 83.9 Å². The molecule has 1 heterocycles. The first kappa shape index (κ1) is 15.3. The Morgan fingerprint density at radius 2 is 1.95 bits per heavy atom. The Bertz CT molecular complexity index is 410. The Morgan fingerprint density at radius 1 is 1.42 bits per heavy atom. The van der Waals surface area contributed by atoms with E-state index in [0.717, 1.165) is 6.92 Å². The molecule has 0 spiro atoms. The highest BCUT2D eigenvalue weighted by Crippen LogP contribution is 2.30. The smallest absolute Gasteiger partial charge is 0.416 e. The van der Waals surface area contributed by atoms with Gasteiger partial charge in [-0.25, -0.2) is 14.5 Å². The minimum Gasteiger partial charge on any atom is -0.477 e. The quantitative estimate of drug-likeness (QED) is 0.839. The molecule has 1 rings (SSSR count). The van der Waals surface area contributed by atoms with Crippen LogP contribution in [0.1, 0.15) is 20.8 Å². The van der Waals surface area contributed by atoms with Gasteiger partial charge in [0.2, 0.25) is 5.91 Å². The van der Waals surface area contributed by atoms with E-state index in [-0.39, 0.29) is 12.5 Å². The van der Waals surface area contributed by atoms with E-state index in [1.165, 1.54) is 0 Å². The van der Waals surface area contributed by atoms with Gasteiger partial charge in [0.25, 0.3) is 0 Å². The van der Waals surface area contributed by atoms with E-state index in [2.05, 4.69) is 4.74 Å². The van der Waals surface area contributed by atoms with Crippen molar-refractivity contribution in [3.05, 3.63) is 0 Å². The largest absolute Gasteiger partial charge is 0.477 e. The third kappa shape index (κ3) is 2.66. The van der Waals surface area contributed by atoms with Gasteiger partial charge in [-0.3, -0.25) is 4.79 Å². The van der Waals surface area contributed by atoms with Crippen LogP contribution in [0.5, 0.6) is 0 Å². The van der Waals surface area contributed by atoms with Crippen molar-refractivity contribution in [3.8, 4) is 0 Å². The van der Waals surface area contributed by atoms with Crippen LogP contribution < -0.4 is 0 Å². The summed E-state index contributed by atoms with van der Waals surface area (Å²) in [6.45, 7) is 4.10. The van der Waals surface area contributed by atoms with Gasteiger partial charge in [-0.2, -0.15) is 8.78 Å². The first-order valence-electron chi connectivity index (χ1n) is 5.71. The van der Waals surface area contributed by atoms with E-state index < -0.39 is 35.9 Å². The Balaban J connectivity index is 2.98. The Labute approximate surface area is 108 Å². The van der Waals surface area contributed by atoms with Crippen LogP contribution in [0, 0.1) is 11.8 Å². The van der Waals surface area contributed by atoms with E-state index in [9.17, 15) is 23.2 Å². The molecule has 0 bridgehead atoms. The van der Waals surface area contributed by atoms with Crippen LogP contribution in [0.2, 0.25) is 0 Å². The van der Waals surface area contributed by atoms with Gasteiger partial charge in [0.1, 0.15) is 12.5 Å². The number of aliphatic carboxylic acids is 1. The standard InChI is InChI=1S/C11H15F2NO5/c1-5(2)7-4-19-10(18)14(7)8(15)6(3)11(12,13)9(16)17/h5-7H,4H2,1-3H3,(H,16,17)/t6-,7+/m0/s1. The normalized spacial score (nSPS) is 21.5. The molecule has 19 heavy (non-hydrogen) atoms. The number of carboxylic acid groups (broad SMARTS) is 1. The highest BCUT2D eigenvalue weighted by molar-refractivity contribution is 5.97. The number of alkyl halides is 2. The first-order valence-corrected chi connectivity index (χ1v) is 5.71. The monoisotopic (exact) mass is 279 g/mol. The molecule has 1 aliphatic rings. The van der Waals surface area contributed by atoms with Gasteiger partial charge >= 0.3 is 18.0 Å². The highest BCUT2D eigenvalue weighted by atomic mass is 19.3. The lowest BCUT2D eigenvalue weighted by Gasteiger charge is -2.27. The van der Waals surface area contributed by atoms with Gasteiger partial charge in [-0.1, -0.05) is 13.8 Å². The van der Waals surface area contributed by atoms with Gasteiger partial charge in [-0.05, 0) is 12.8 Å². The van der Waals surface area contributed by atoms with E-state index >= 15 is 0 Å². The molecular weight excluding hydrogens is 264 g/mol.